The zero-order chi connectivity index (χ0) is 15.1. The SMILES string of the molecule is CC(CCO)CNC(=O)c1ccccc1-c1ccccc1. The second-order valence-electron chi connectivity index (χ2n) is 5.24. The number of nitrogens with one attached hydrogen (secondary N) is 1. The lowest BCUT2D eigenvalue weighted by atomic mass is 9.99. The molecule has 2 aromatic rings. The zero-order valence-electron chi connectivity index (χ0n) is 12.3. The molecule has 0 saturated heterocycles. The van der Waals surface area contributed by atoms with E-state index in [2.05, 4.69) is 5.32 Å². The molecule has 0 fully saturated rings. The van der Waals surface area contributed by atoms with Crippen LogP contribution in [0.5, 0.6) is 0 Å². The minimum atomic E-state index is -0.0701. The van der Waals surface area contributed by atoms with Gasteiger partial charge in [0, 0.05) is 18.7 Å². The molecule has 2 N–H and O–H groups in total. The highest BCUT2D eigenvalue weighted by Gasteiger charge is 2.12. The van der Waals surface area contributed by atoms with E-state index < -0.39 is 0 Å². The maximum atomic E-state index is 12.4. The number of aliphatic hydroxyl groups is 1. The van der Waals surface area contributed by atoms with Crippen molar-refractivity contribution in [2.45, 2.75) is 13.3 Å². The lowest BCUT2D eigenvalue weighted by molar-refractivity contribution is 0.0946. The minimum Gasteiger partial charge on any atom is -0.396 e. The quantitative estimate of drug-likeness (QED) is 0.856. The molecule has 2 aromatic carbocycles. The van der Waals surface area contributed by atoms with E-state index in [0.29, 0.717) is 18.5 Å². The Labute approximate surface area is 125 Å². The van der Waals surface area contributed by atoms with Crippen molar-refractivity contribution >= 4 is 5.91 Å². The highest BCUT2D eigenvalue weighted by atomic mass is 16.3. The van der Waals surface area contributed by atoms with Gasteiger partial charge < -0.3 is 10.4 Å². The van der Waals surface area contributed by atoms with Gasteiger partial charge in [0.25, 0.3) is 5.91 Å². The van der Waals surface area contributed by atoms with Crippen LogP contribution in [-0.4, -0.2) is 24.2 Å². The second kappa shape index (κ2) is 7.60. The molecular formula is C18H21NO2. The molecule has 0 bridgehead atoms. The van der Waals surface area contributed by atoms with Crippen molar-refractivity contribution in [2.75, 3.05) is 13.2 Å². The summed E-state index contributed by atoms with van der Waals surface area (Å²) in [7, 11) is 0. The number of benzene rings is 2. The average molecular weight is 283 g/mol. The fourth-order valence-corrected chi connectivity index (χ4v) is 2.24. The third-order valence-electron chi connectivity index (χ3n) is 3.49. The molecule has 3 nitrogen and oxygen atoms in total. The minimum absolute atomic E-state index is 0.0701. The van der Waals surface area contributed by atoms with E-state index in [-0.39, 0.29) is 18.4 Å². The van der Waals surface area contributed by atoms with Crippen LogP contribution in [0.1, 0.15) is 23.7 Å². The van der Waals surface area contributed by atoms with Crippen molar-refractivity contribution in [1.29, 1.82) is 0 Å². The summed E-state index contributed by atoms with van der Waals surface area (Å²) in [6, 6.07) is 17.5. The first kappa shape index (κ1) is 15.3. The van der Waals surface area contributed by atoms with Crippen LogP contribution in [0.15, 0.2) is 54.6 Å². The van der Waals surface area contributed by atoms with Crippen LogP contribution in [0.2, 0.25) is 0 Å². The molecule has 110 valence electrons. The smallest absolute Gasteiger partial charge is 0.251 e. The Hall–Kier alpha value is -2.13. The molecule has 21 heavy (non-hydrogen) atoms. The molecule has 1 amide bonds. The van der Waals surface area contributed by atoms with Crippen LogP contribution < -0.4 is 5.32 Å². The third kappa shape index (κ3) is 4.17. The van der Waals surface area contributed by atoms with Crippen LogP contribution >= 0.6 is 0 Å². The number of rotatable bonds is 6. The first-order valence-electron chi connectivity index (χ1n) is 7.26. The van der Waals surface area contributed by atoms with Crippen molar-refractivity contribution < 1.29 is 9.90 Å². The monoisotopic (exact) mass is 283 g/mol. The van der Waals surface area contributed by atoms with Gasteiger partial charge in [-0.05, 0) is 29.5 Å². The molecule has 0 aliphatic rings. The van der Waals surface area contributed by atoms with Crippen molar-refractivity contribution in [1.82, 2.24) is 5.32 Å². The van der Waals surface area contributed by atoms with Gasteiger partial charge in [-0.3, -0.25) is 4.79 Å². The first-order chi connectivity index (χ1) is 10.2. The van der Waals surface area contributed by atoms with Crippen LogP contribution in [-0.2, 0) is 0 Å². The van der Waals surface area contributed by atoms with Gasteiger partial charge in [0.2, 0.25) is 0 Å². The Morgan fingerprint density at radius 2 is 1.76 bits per heavy atom. The van der Waals surface area contributed by atoms with Gasteiger partial charge in [0.15, 0.2) is 0 Å². The van der Waals surface area contributed by atoms with E-state index in [1.165, 1.54) is 0 Å². The molecule has 1 atom stereocenters. The summed E-state index contributed by atoms with van der Waals surface area (Å²) >= 11 is 0. The number of hydrogen-bond donors (Lipinski definition) is 2. The fraction of sp³-hybridized carbons (Fsp3) is 0.278. The maximum absolute atomic E-state index is 12.4. The summed E-state index contributed by atoms with van der Waals surface area (Å²) in [5, 5.41) is 11.8. The summed E-state index contributed by atoms with van der Waals surface area (Å²) in [6.45, 7) is 2.74. The molecule has 0 saturated carbocycles. The van der Waals surface area contributed by atoms with Gasteiger partial charge in [-0.15, -0.1) is 0 Å². The largest absolute Gasteiger partial charge is 0.396 e. The Morgan fingerprint density at radius 1 is 1.10 bits per heavy atom. The zero-order valence-corrected chi connectivity index (χ0v) is 12.3. The maximum Gasteiger partial charge on any atom is 0.251 e. The van der Waals surface area contributed by atoms with Gasteiger partial charge in [-0.25, -0.2) is 0 Å². The second-order valence-corrected chi connectivity index (χ2v) is 5.24. The topological polar surface area (TPSA) is 49.3 Å². The van der Waals surface area contributed by atoms with Crippen LogP contribution in [0, 0.1) is 5.92 Å². The Bertz CT molecular complexity index is 581. The molecule has 0 radical (unpaired) electrons. The Balaban J connectivity index is 2.15. The summed E-state index contributed by atoms with van der Waals surface area (Å²) in [5.74, 6) is 0.196. The molecule has 2 rings (SSSR count). The van der Waals surface area contributed by atoms with Crippen molar-refractivity contribution in [3.8, 4) is 11.1 Å². The van der Waals surface area contributed by atoms with Crippen molar-refractivity contribution in [3.05, 3.63) is 60.2 Å². The van der Waals surface area contributed by atoms with E-state index in [9.17, 15) is 4.79 Å². The molecule has 0 aliphatic carbocycles. The lowest BCUT2D eigenvalue weighted by Gasteiger charge is -2.13. The molecular weight excluding hydrogens is 262 g/mol. The standard InChI is InChI=1S/C18H21NO2/c1-14(11-12-20)13-19-18(21)17-10-6-5-9-16(17)15-7-3-2-4-8-15/h2-10,14,20H,11-13H2,1H3,(H,19,21). The first-order valence-corrected chi connectivity index (χ1v) is 7.26. The summed E-state index contributed by atoms with van der Waals surface area (Å²) in [4.78, 5) is 12.4. The summed E-state index contributed by atoms with van der Waals surface area (Å²) in [6.07, 6.45) is 0.695. The van der Waals surface area contributed by atoms with Crippen LogP contribution in [0.4, 0.5) is 0 Å². The predicted molar refractivity (Wildman–Crippen MR) is 85.1 cm³/mol. The van der Waals surface area contributed by atoms with Gasteiger partial charge in [0.1, 0.15) is 0 Å². The highest BCUT2D eigenvalue weighted by Crippen LogP contribution is 2.23. The average Bonchev–Trinajstić information content (AvgIpc) is 2.54. The van der Waals surface area contributed by atoms with Gasteiger partial charge in [-0.1, -0.05) is 55.5 Å². The van der Waals surface area contributed by atoms with Crippen LogP contribution in [0.3, 0.4) is 0 Å². The Morgan fingerprint density at radius 3 is 2.48 bits per heavy atom. The van der Waals surface area contributed by atoms with E-state index in [4.69, 9.17) is 5.11 Å². The molecule has 3 heteroatoms. The number of carbonyl (C=O) groups excluding carboxylic acids is 1. The summed E-state index contributed by atoms with van der Waals surface area (Å²) in [5.41, 5.74) is 2.65. The van der Waals surface area contributed by atoms with Gasteiger partial charge in [0.05, 0.1) is 0 Å². The fourth-order valence-electron chi connectivity index (χ4n) is 2.24. The van der Waals surface area contributed by atoms with E-state index in [1.807, 2.05) is 61.5 Å². The van der Waals surface area contributed by atoms with E-state index >= 15 is 0 Å². The molecule has 0 aromatic heterocycles. The van der Waals surface area contributed by atoms with Gasteiger partial charge in [-0.2, -0.15) is 0 Å². The molecule has 1 unspecified atom stereocenters. The number of carbonyl (C=O) groups is 1. The van der Waals surface area contributed by atoms with Crippen molar-refractivity contribution in [3.63, 3.8) is 0 Å². The summed E-state index contributed by atoms with van der Waals surface area (Å²) < 4.78 is 0. The number of aliphatic hydroxyl groups excluding tert-OH is 1. The van der Waals surface area contributed by atoms with E-state index in [1.54, 1.807) is 0 Å². The predicted octanol–water partition coefficient (Wildman–Crippen LogP) is 3.10. The highest BCUT2D eigenvalue weighted by molar-refractivity contribution is 6.00. The van der Waals surface area contributed by atoms with Crippen LogP contribution in [0.25, 0.3) is 11.1 Å². The third-order valence-corrected chi connectivity index (χ3v) is 3.49. The van der Waals surface area contributed by atoms with Gasteiger partial charge >= 0.3 is 0 Å². The molecule has 0 aliphatic heterocycles. The normalized spacial score (nSPS) is 11.9. The number of hydrogen-bond acceptors (Lipinski definition) is 2. The molecule has 0 heterocycles. The van der Waals surface area contributed by atoms with Crippen molar-refractivity contribution in [2.24, 2.45) is 5.92 Å². The van der Waals surface area contributed by atoms with E-state index in [0.717, 1.165) is 11.1 Å². The molecule has 0 spiro atoms. The number of amides is 1. The Kier molecular flexibility index (Phi) is 5.52. The lowest BCUT2D eigenvalue weighted by Crippen LogP contribution is -2.29.